The highest BCUT2D eigenvalue weighted by molar-refractivity contribution is 8.14. The van der Waals surface area contributed by atoms with Crippen molar-refractivity contribution in [1.29, 1.82) is 0 Å². The smallest absolute Gasteiger partial charge is 0.186 e. The Morgan fingerprint density at radius 3 is 2.82 bits per heavy atom. The monoisotopic (exact) mass is 247 g/mol. The van der Waals surface area contributed by atoms with Gasteiger partial charge in [-0.15, -0.1) is 0 Å². The van der Waals surface area contributed by atoms with Gasteiger partial charge in [-0.05, 0) is 11.6 Å². The van der Waals surface area contributed by atoms with Gasteiger partial charge in [-0.25, -0.2) is 0 Å². The highest BCUT2D eigenvalue weighted by Crippen LogP contribution is 2.18. The zero-order chi connectivity index (χ0) is 12.3. The number of aromatic amines is 1. The summed E-state index contributed by atoms with van der Waals surface area (Å²) in [6, 6.07) is 7.88. The summed E-state index contributed by atoms with van der Waals surface area (Å²) in [4.78, 5) is 25.6. The Morgan fingerprint density at radius 1 is 1.29 bits per heavy atom. The Kier molecular flexibility index (Phi) is 3.64. The van der Waals surface area contributed by atoms with Crippen LogP contribution in [-0.2, 0) is 16.0 Å². The number of rotatable bonds is 4. The summed E-state index contributed by atoms with van der Waals surface area (Å²) in [7, 11) is 0. The van der Waals surface area contributed by atoms with Gasteiger partial charge < -0.3 is 4.98 Å². The number of carbonyl (C=O) groups is 2. The van der Waals surface area contributed by atoms with Crippen LogP contribution in [0.4, 0.5) is 0 Å². The molecule has 0 fully saturated rings. The predicted octanol–water partition coefficient (Wildman–Crippen LogP) is 2.56. The lowest BCUT2D eigenvalue weighted by atomic mass is 10.1. The molecule has 2 rings (SSSR count). The van der Waals surface area contributed by atoms with Gasteiger partial charge in [0.05, 0.1) is 5.75 Å². The van der Waals surface area contributed by atoms with E-state index < -0.39 is 0 Å². The van der Waals surface area contributed by atoms with Crippen molar-refractivity contribution in [1.82, 2.24) is 4.98 Å². The molecular weight excluding hydrogens is 234 g/mol. The summed E-state index contributed by atoms with van der Waals surface area (Å²) in [5.74, 6) is 0.337. The van der Waals surface area contributed by atoms with Gasteiger partial charge >= 0.3 is 0 Å². The number of H-pyrrole nitrogens is 1. The highest BCUT2D eigenvalue weighted by atomic mass is 32.2. The van der Waals surface area contributed by atoms with E-state index >= 15 is 0 Å². The fourth-order valence-corrected chi connectivity index (χ4v) is 2.19. The van der Waals surface area contributed by atoms with Crippen molar-refractivity contribution in [3.05, 3.63) is 36.0 Å². The molecule has 1 aromatic carbocycles. The van der Waals surface area contributed by atoms with Crippen LogP contribution in [-0.4, -0.2) is 21.6 Å². The third-order valence-corrected chi connectivity index (χ3v) is 3.37. The molecule has 0 aliphatic rings. The Hall–Kier alpha value is -1.55. The molecule has 0 aliphatic heterocycles. The topological polar surface area (TPSA) is 49.9 Å². The first-order chi connectivity index (χ1) is 8.16. The van der Waals surface area contributed by atoms with Crippen LogP contribution in [0, 0.1) is 0 Å². The summed E-state index contributed by atoms with van der Waals surface area (Å²) >= 11 is 1.07. The third kappa shape index (κ3) is 2.97. The second kappa shape index (κ2) is 5.19. The van der Waals surface area contributed by atoms with Crippen molar-refractivity contribution < 1.29 is 9.59 Å². The summed E-state index contributed by atoms with van der Waals surface area (Å²) in [6.07, 6.45) is 2.24. The first-order valence-corrected chi connectivity index (χ1v) is 6.35. The molecular formula is C13H13NO2S. The van der Waals surface area contributed by atoms with E-state index in [-0.39, 0.29) is 16.7 Å². The molecule has 0 radical (unpaired) electrons. The first kappa shape index (κ1) is 11.9. The van der Waals surface area contributed by atoms with E-state index in [2.05, 4.69) is 4.98 Å². The fourth-order valence-electron chi connectivity index (χ4n) is 1.72. The Balaban J connectivity index is 2.08. The largest absolute Gasteiger partial charge is 0.361 e. The number of para-hydroxylation sites is 1. The number of nitrogens with one attached hydrogen (secondary N) is 1. The molecule has 0 spiro atoms. The molecule has 1 N–H and O–H groups in total. The second-order valence-corrected chi connectivity index (χ2v) is 5.01. The zero-order valence-electron chi connectivity index (χ0n) is 9.53. The van der Waals surface area contributed by atoms with Crippen LogP contribution in [0.3, 0.4) is 0 Å². The predicted molar refractivity (Wildman–Crippen MR) is 70.1 cm³/mol. The standard InChI is InChI=1S/C13H13NO2S/c1-9(15)17-8-11(16)6-10-7-14-13-5-3-2-4-12(10)13/h2-5,7,14H,6,8H2,1H3. The molecule has 1 aromatic heterocycles. The lowest BCUT2D eigenvalue weighted by molar-refractivity contribution is -0.116. The van der Waals surface area contributed by atoms with E-state index in [1.165, 1.54) is 6.92 Å². The quantitative estimate of drug-likeness (QED) is 0.903. The number of thioether (sulfide) groups is 1. The Labute approximate surface area is 104 Å². The van der Waals surface area contributed by atoms with E-state index in [0.29, 0.717) is 6.42 Å². The number of Topliss-reactive ketones (excluding diaryl/α,β-unsaturated/α-hetero) is 1. The minimum atomic E-state index is -0.0164. The molecule has 2 aromatic rings. The maximum absolute atomic E-state index is 11.7. The molecule has 0 aliphatic carbocycles. The van der Waals surface area contributed by atoms with Gasteiger partial charge in [0, 0.05) is 30.4 Å². The van der Waals surface area contributed by atoms with Gasteiger partial charge in [-0.3, -0.25) is 9.59 Å². The molecule has 88 valence electrons. The summed E-state index contributed by atoms with van der Waals surface area (Å²) < 4.78 is 0. The number of fused-ring (bicyclic) bond motifs is 1. The minimum Gasteiger partial charge on any atom is -0.361 e. The van der Waals surface area contributed by atoms with Crippen molar-refractivity contribution >= 4 is 33.6 Å². The van der Waals surface area contributed by atoms with Crippen LogP contribution in [0.5, 0.6) is 0 Å². The Morgan fingerprint density at radius 2 is 2.06 bits per heavy atom. The van der Waals surface area contributed by atoms with Gasteiger partial charge in [0.2, 0.25) is 0 Å². The molecule has 0 unspecified atom stereocenters. The molecule has 1 heterocycles. The van der Waals surface area contributed by atoms with Crippen molar-refractivity contribution in [2.45, 2.75) is 13.3 Å². The second-order valence-electron chi connectivity index (χ2n) is 3.86. The van der Waals surface area contributed by atoms with Gasteiger partial charge in [0.15, 0.2) is 5.12 Å². The van der Waals surface area contributed by atoms with Gasteiger partial charge in [-0.2, -0.15) is 0 Å². The van der Waals surface area contributed by atoms with E-state index in [0.717, 1.165) is 28.2 Å². The van der Waals surface area contributed by atoms with E-state index in [4.69, 9.17) is 0 Å². The average Bonchev–Trinajstić information content (AvgIpc) is 2.70. The maximum Gasteiger partial charge on any atom is 0.186 e. The Bertz CT molecular complexity index is 559. The summed E-state index contributed by atoms with van der Waals surface area (Å²) in [5.41, 5.74) is 2.03. The van der Waals surface area contributed by atoms with Gasteiger partial charge in [0.25, 0.3) is 0 Å². The molecule has 0 saturated heterocycles. The summed E-state index contributed by atoms with van der Waals surface area (Å²) in [5, 5.41) is 1.06. The average molecular weight is 247 g/mol. The van der Waals surface area contributed by atoms with Crippen molar-refractivity contribution in [3.8, 4) is 0 Å². The number of aromatic nitrogens is 1. The van der Waals surface area contributed by atoms with Crippen molar-refractivity contribution in [2.75, 3.05) is 5.75 Å². The van der Waals surface area contributed by atoms with Crippen LogP contribution in [0.15, 0.2) is 30.5 Å². The maximum atomic E-state index is 11.7. The molecule has 0 atom stereocenters. The van der Waals surface area contributed by atoms with Crippen LogP contribution >= 0.6 is 11.8 Å². The van der Waals surface area contributed by atoms with E-state index in [1.807, 2.05) is 30.5 Å². The molecule has 4 heteroatoms. The highest BCUT2D eigenvalue weighted by Gasteiger charge is 2.09. The lowest BCUT2D eigenvalue weighted by Crippen LogP contribution is -2.06. The normalized spacial score (nSPS) is 10.6. The summed E-state index contributed by atoms with van der Waals surface area (Å²) in [6.45, 7) is 1.48. The molecule has 0 bridgehead atoms. The minimum absolute atomic E-state index is 0.0164. The number of benzene rings is 1. The van der Waals surface area contributed by atoms with Gasteiger partial charge in [-0.1, -0.05) is 30.0 Å². The first-order valence-electron chi connectivity index (χ1n) is 5.37. The fraction of sp³-hybridized carbons (Fsp3) is 0.231. The number of hydrogen-bond donors (Lipinski definition) is 1. The molecule has 0 amide bonds. The molecule has 3 nitrogen and oxygen atoms in total. The van der Waals surface area contributed by atoms with Crippen LogP contribution in [0.2, 0.25) is 0 Å². The molecule has 17 heavy (non-hydrogen) atoms. The van der Waals surface area contributed by atoms with E-state index in [1.54, 1.807) is 0 Å². The number of hydrogen-bond acceptors (Lipinski definition) is 3. The van der Waals surface area contributed by atoms with Crippen LogP contribution in [0.1, 0.15) is 12.5 Å². The van der Waals surface area contributed by atoms with Crippen LogP contribution < -0.4 is 0 Å². The SMILES string of the molecule is CC(=O)SCC(=O)Cc1c[nH]c2ccccc12. The third-order valence-electron chi connectivity index (χ3n) is 2.50. The van der Waals surface area contributed by atoms with Crippen LogP contribution in [0.25, 0.3) is 10.9 Å². The lowest BCUT2D eigenvalue weighted by Gasteiger charge is -1.98. The number of carbonyl (C=O) groups excluding carboxylic acids is 2. The number of ketones is 1. The van der Waals surface area contributed by atoms with Gasteiger partial charge in [0.1, 0.15) is 5.78 Å². The van der Waals surface area contributed by atoms with Crippen molar-refractivity contribution in [3.63, 3.8) is 0 Å². The van der Waals surface area contributed by atoms with E-state index in [9.17, 15) is 9.59 Å². The van der Waals surface area contributed by atoms with Crippen molar-refractivity contribution in [2.24, 2.45) is 0 Å². The molecule has 0 saturated carbocycles. The zero-order valence-corrected chi connectivity index (χ0v) is 10.3.